The lowest BCUT2D eigenvalue weighted by atomic mass is 9.90. The second-order valence-corrected chi connectivity index (χ2v) is 4.81. The molecule has 0 radical (unpaired) electrons. The molecule has 0 aromatic carbocycles. The van der Waals surface area contributed by atoms with E-state index in [1.807, 2.05) is 31.4 Å². The van der Waals surface area contributed by atoms with Crippen molar-refractivity contribution < 1.29 is 4.79 Å². The van der Waals surface area contributed by atoms with Crippen LogP contribution in [0.25, 0.3) is 0 Å². The van der Waals surface area contributed by atoms with E-state index >= 15 is 0 Å². The van der Waals surface area contributed by atoms with Gasteiger partial charge in [-0.05, 0) is 31.7 Å². The van der Waals surface area contributed by atoms with E-state index in [2.05, 4.69) is 12.2 Å². The third-order valence-corrected chi connectivity index (χ3v) is 3.43. The third kappa shape index (κ3) is 2.35. The summed E-state index contributed by atoms with van der Waals surface area (Å²) >= 11 is 1.63. The Morgan fingerprint density at radius 1 is 1.57 bits per heavy atom. The average Bonchev–Trinajstić information content (AvgIpc) is 2.67. The van der Waals surface area contributed by atoms with Crippen molar-refractivity contribution in [2.75, 3.05) is 6.54 Å². The van der Waals surface area contributed by atoms with Crippen LogP contribution in [0.4, 0.5) is 0 Å². The highest BCUT2D eigenvalue weighted by Crippen LogP contribution is 2.27. The van der Waals surface area contributed by atoms with E-state index in [0.717, 1.165) is 17.8 Å². The highest BCUT2D eigenvalue weighted by atomic mass is 32.1. The highest BCUT2D eigenvalue weighted by Gasteiger charge is 2.30. The molecular weight excluding hydrogens is 194 g/mol. The molecule has 1 heterocycles. The van der Waals surface area contributed by atoms with Gasteiger partial charge in [0.15, 0.2) is 0 Å². The fraction of sp³-hybridized carbons (Fsp3) is 0.545. The minimum atomic E-state index is -0.399. The van der Waals surface area contributed by atoms with E-state index in [4.69, 9.17) is 0 Å². The zero-order chi connectivity index (χ0) is 10.6. The van der Waals surface area contributed by atoms with E-state index in [-0.39, 0.29) is 5.91 Å². The van der Waals surface area contributed by atoms with E-state index in [0.29, 0.717) is 0 Å². The molecule has 0 saturated carbocycles. The van der Waals surface area contributed by atoms with E-state index in [9.17, 15) is 4.79 Å². The highest BCUT2D eigenvalue weighted by molar-refractivity contribution is 7.10. The maximum absolute atomic E-state index is 11.8. The number of nitrogens with one attached hydrogen (secondary N) is 1. The fourth-order valence-corrected chi connectivity index (χ4v) is 2.05. The van der Waals surface area contributed by atoms with Crippen LogP contribution in [-0.4, -0.2) is 12.5 Å². The molecule has 1 amide bonds. The van der Waals surface area contributed by atoms with Gasteiger partial charge in [0.1, 0.15) is 0 Å². The Morgan fingerprint density at radius 3 is 2.79 bits per heavy atom. The van der Waals surface area contributed by atoms with Crippen LogP contribution >= 0.6 is 11.3 Å². The first-order valence-corrected chi connectivity index (χ1v) is 5.79. The summed E-state index contributed by atoms with van der Waals surface area (Å²) in [5.41, 5.74) is -0.399. The molecule has 0 saturated heterocycles. The minimum Gasteiger partial charge on any atom is -0.355 e. The summed E-state index contributed by atoms with van der Waals surface area (Å²) in [5, 5.41) is 4.93. The normalized spacial score (nSPS) is 11.4. The standard InChI is InChI=1S/C11H17NOS/c1-4-7-12-10(13)11(2,3)9-6-5-8-14-9/h5-6,8H,4,7H2,1-3H3,(H,12,13). The molecule has 14 heavy (non-hydrogen) atoms. The molecule has 0 fully saturated rings. The first-order chi connectivity index (χ1) is 6.59. The summed E-state index contributed by atoms with van der Waals surface area (Å²) < 4.78 is 0. The third-order valence-electron chi connectivity index (χ3n) is 2.24. The first kappa shape index (κ1) is 11.2. The van der Waals surface area contributed by atoms with E-state index < -0.39 is 5.41 Å². The number of carbonyl (C=O) groups excluding carboxylic acids is 1. The van der Waals surface area contributed by atoms with Gasteiger partial charge in [-0.2, -0.15) is 0 Å². The molecule has 1 aromatic rings. The lowest BCUT2D eigenvalue weighted by Crippen LogP contribution is -2.39. The average molecular weight is 211 g/mol. The van der Waals surface area contributed by atoms with E-state index in [1.165, 1.54) is 0 Å². The molecule has 0 aliphatic rings. The first-order valence-electron chi connectivity index (χ1n) is 4.91. The molecule has 1 aromatic heterocycles. The summed E-state index contributed by atoms with van der Waals surface area (Å²) in [6, 6.07) is 3.99. The number of hydrogen-bond donors (Lipinski definition) is 1. The predicted octanol–water partition coefficient (Wildman–Crippen LogP) is 2.55. The maximum Gasteiger partial charge on any atom is 0.230 e. The zero-order valence-corrected chi connectivity index (χ0v) is 9.78. The molecule has 0 atom stereocenters. The van der Waals surface area contributed by atoms with Gasteiger partial charge in [0.05, 0.1) is 5.41 Å². The van der Waals surface area contributed by atoms with Gasteiger partial charge < -0.3 is 5.32 Å². The molecule has 0 spiro atoms. The molecule has 0 bridgehead atoms. The molecule has 3 heteroatoms. The van der Waals surface area contributed by atoms with Crippen molar-refractivity contribution in [1.82, 2.24) is 5.32 Å². The smallest absolute Gasteiger partial charge is 0.230 e. The Labute approximate surface area is 89.3 Å². The molecule has 0 aliphatic carbocycles. The van der Waals surface area contributed by atoms with Crippen molar-refractivity contribution in [3.8, 4) is 0 Å². The van der Waals surface area contributed by atoms with Crippen LogP contribution in [0.1, 0.15) is 32.1 Å². The topological polar surface area (TPSA) is 29.1 Å². The fourth-order valence-electron chi connectivity index (χ4n) is 1.21. The molecular formula is C11H17NOS. The van der Waals surface area contributed by atoms with Crippen molar-refractivity contribution in [3.63, 3.8) is 0 Å². The molecule has 1 N–H and O–H groups in total. The Hall–Kier alpha value is -0.830. The van der Waals surface area contributed by atoms with Gasteiger partial charge in [0.2, 0.25) is 5.91 Å². The zero-order valence-electron chi connectivity index (χ0n) is 8.96. The summed E-state index contributed by atoms with van der Waals surface area (Å²) in [5.74, 6) is 0.113. The van der Waals surface area contributed by atoms with Gasteiger partial charge >= 0.3 is 0 Å². The van der Waals surface area contributed by atoms with Crippen LogP contribution in [0.15, 0.2) is 17.5 Å². The SMILES string of the molecule is CCCNC(=O)C(C)(C)c1cccs1. The Morgan fingerprint density at radius 2 is 2.29 bits per heavy atom. The van der Waals surface area contributed by atoms with Crippen LogP contribution in [-0.2, 0) is 10.2 Å². The largest absolute Gasteiger partial charge is 0.355 e. The maximum atomic E-state index is 11.8. The number of thiophene rings is 1. The predicted molar refractivity (Wildman–Crippen MR) is 60.6 cm³/mol. The minimum absolute atomic E-state index is 0.113. The number of hydrogen-bond acceptors (Lipinski definition) is 2. The van der Waals surface area contributed by atoms with Crippen molar-refractivity contribution in [2.45, 2.75) is 32.6 Å². The van der Waals surface area contributed by atoms with Gasteiger partial charge in [-0.15, -0.1) is 11.3 Å². The molecule has 2 nitrogen and oxygen atoms in total. The van der Waals surface area contributed by atoms with Crippen molar-refractivity contribution in [3.05, 3.63) is 22.4 Å². The van der Waals surface area contributed by atoms with Crippen LogP contribution < -0.4 is 5.32 Å². The monoisotopic (exact) mass is 211 g/mol. The Balaban J connectivity index is 2.70. The van der Waals surface area contributed by atoms with Gasteiger partial charge in [-0.1, -0.05) is 13.0 Å². The number of carbonyl (C=O) groups is 1. The van der Waals surface area contributed by atoms with E-state index in [1.54, 1.807) is 11.3 Å². The summed E-state index contributed by atoms with van der Waals surface area (Å²) in [4.78, 5) is 12.9. The summed E-state index contributed by atoms with van der Waals surface area (Å²) in [7, 11) is 0. The van der Waals surface area contributed by atoms with Gasteiger partial charge in [0, 0.05) is 11.4 Å². The van der Waals surface area contributed by atoms with Gasteiger partial charge in [-0.25, -0.2) is 0 Å². The quantitative estimate of drug-likeness (QED) is 0.814. The Kier molecular flexibility index (Phi) is 3.69. The van der Waals surface area contributed by atoms with Gasteiger partial charge in [-0.3, -0.25) is 4.79 Å². The van der Waals surface area contributed by atoms with Crippen LogP contribution in [0.3, 0.4) is 0 Å². The number of rotatable bonds is 4. The second kappa shape index (κ2) is 4.60. The second-order valence-electron chi connectivity index (χ2n) is 3.86. The van der Waals surface area contributed by atoms with Crippen LogP contribution in [0.2, 0.25) is 0 Å². The summed E-state index contributed by atoms with van der Waals surface area (Å²) in [6.07, 6.45) is 0.978. The lowest BCUT2D eigenvalue weighted by molar-refractivity contribution is -0.125. The molecule has 78 valence electrons. The van der Waals surface area contributed by atoms with Crippen LogP contribution in [0, 0.1) is 0 Å². The molecule has 1 rings (SSSR count). The number of amides is 1. The molecule has 0 aliphatic heterocycles. The van der Waals surface area contributed by atoms with Crippen molar-refractivity contribution in [1.29, 1.82) is 0 Å². The lowest BCUT2D eigenvalue weighted by Gasteiger charge is -2.21. The Bertz CT molecular complexity index is 290. The van der Waals surface area contributed by atoms with Crippen LogP contribution in [0.5, 0.6) is 0 Å². The van der Waals surface area contributed by atoms with Crippen molar-refractivity contribution in [2.24, 2.45) is 0 Å². The van der Waals surface area contributed by atoms with Gasteiger partial charge in [0.25, 0.3) is 0 Å². The van der Waals surface area contributed by atoms with Crippen molar-refractivity contribution >= 4 is 17.2 Å². The summed E-state index contributed by atoms with van der Waals surface area (Å²) in [6.45, 7) is 6.74. The molecule has 0 unspecified atom stereocenters.